The van der Waals surface area contributed by atoms with Crippen molar-refractivity contribution in [3.63, 3.8) is 0 Å². The highest BCUT2D eigenvalue weighted by atomic mass is 16.7. The third kappa shape index (κ3) is 2.14. The van der Waals surface area contributed by atoms with Gasteiger partial charge in [0.05, 0.1) is 22.2 Å². The zero-order valence-corrected chi connectivity index (χ0v) is 11.8. The number of rotatable bonds is 3. The Morgan fingerprint density at radius 3 is 2.22 bits per heavy atom. The number of hydrogen-bond donors (Lipinski definition) is 2. The van der Waals surface area contributed by atoms with Crippen LogP contribution in [0.1, 0.15) is 26.3 Å². The number of imidazole rings is 1. The lowest BCUT2D eigenvalue weighted by Crippen LogP contribution is -2.29. The van der Waals surface area contributed by atoms with E-state index in [0.29, 0.717) is 22.2 Å². The van der Waals surface area contributed by atoms with E-state index in [-0.39, 0.29) is 12.3 Å². The highest BCUT2D eigenvalue weighted by Gasteiger charge is 2.36. The zero-order chi connectivity index (χ0) is 16.0. The number of hydroxylamine groups is 2. The Bertz CT molecular complexity index is 967. The molecule has 1 aliphatic heterocycles. The lowest BCUT2D eigenvalue weighted by atomic mass is 10.1. The first-order chi connectivity index (χ1) is 11.1. The molecule has 2 amide bonds. The van der Waals surface area contributed by atoms with Crippen LogP contribution in [-0.4, -0.2) is 26.8 Å². The number of nitrogens with zero attached hydrogens (tertiary/aromatic N) is 1. The van der Waals surface area contributed by atoms with Gasteiger partial charge >= 0.3 is 5.69 Å². The first kappa shape index (κ1) is 13.5. The second-order valence-corrected chi connectivity index (χ2v) is 5.18. The number of benzene rings is 2. The zero-order valence-electron chi connectivity index (χ0n) is 11.8. The van der Waals surface area contributed by atoms with Crippen molar-refractivity contribution in [2.24, 2.45) is 0 Å². The number of aromatic nitrogens is 2. The van der Waals surface area contributed by atoms with Gasteiger partial charge in [0.25, 0.3) is 11.8 Å². The van der Waals surface area contributed by atoms with Gasteiger partial charge in [-0.05, 0) is 29.8 Å². The van der Waals surface area contributed by atoms with E-state index in [1.54, 1.807) is 42.5 Å². The normalized spacial score (nSPS) is 13.8. The molecule has 0 bridgehead atoms. The smallest absolute Gasteiger partial charge is 0.306 e. The average Bonchev–Trinajstić information content (AvgIpc) is 3.04. The molecule has 2 heterocycles. The fourth-order valence-electron chi connectivity index (χ4n) is 2.59. The van der Waals surface area contributed by atoms with Crippen LogP contribution in [0.3, 0.4) is 0 Å². The van der Waals surface area contributed by atoms with Crippen molar-refractivity contribution in [3.05, 3.63) is 69.6 Å². The standard InChI is InChI=1S/C16H11N3O4/c20-14-10-3-1-2-4-11(10)15(21)19(14)23-8-9-5-6-12-13(7-9)18-16(22)17-12/h1-7H,8H2,(H2,17,18,22). The second kappa shape index (κ2) is 4.92. The first-order valence-corrected chi connectivity index (χ1v) is 6.95. The number of aromatic amines is 2. The third-order valence-electron chi connectivity index (χ3n) is 3.70. The van der Waals surface area contributed by atoms with Crippen LogP contribution in [-0.2, 0) is 11.4 Å². The van der Waals surface area contributed by atoms with Gasteiger partial charge in [0.1, 0.15) is 6.61 Å². The Kier molecular flexibility index (Phi) is 2.88. The van der Waals surface area contributed by atoms with Gasteiger partial charge in [0, 0.05) is 0 Å². The van der Waals surface area contributed by atoms with Gasteiger partial charge in [-0.3, -0.25) is 14.4 Å². The molecule has 3 aromatic rings. The van der Waals surface area contributed by atoms with Crippen LogP contribution in [0.5, 0.6) is 0 Å². The quantitative estimate of drug-likeness (QED) is 0.718. The monoisotopic (exact) mass is 309 g/mol. The number of amides is 2. The number of carbonyl (C=O) groups excluding carboxylic acids is 2. The summed E-state index contributed by atoms with van der Waals surface area (Å²) in [5.74, 6) is -0.941. The number of H-pyrrole nitrogens is 2. The Morgan fingerprint density at radius 2 is 1.52 bits per heavy atom. The van der Waals surface area contributed by atoms with Crippen molar-refractivity contribution in [2.75, 3.05) is 0 Å². The molecule has 0 spiro atoms. The Morgan fingerprint density at radius 1 is 0.870 bits per heavy atom. The predicted molar refractivity (Wildman–Crippen MR) is 80.7 cm³/mol. The molecule has 7 nitrogen and oxygen atoms in total. The van der Waals surface area contributed by atoms with Crippen LogP contribution in [0.2, 0.25) is 0 Å². The topological polar surface area (TPSA) is 95.3 Å². The summed E-state index contributed by atoms with van der Waals surface area (Å²) in [6, 6.07) is 11.8. The molecule has 2 aromatic carbocycles. The summed E-state index contributed by atoms with van der Waals surface area (Å²) in [6.45, 7) is 0.0363. The predicted octanol–water partition coefficient (Wildman–Crippen LogP) is 1.58. The van der Waals surface area contributed by atoms with Crippen molar-refractivity contribution in [3.8, 4) is 0 Å². The van der Waals surface area contributed by atoms with Crippen molar-refractivity contribution >= 4 is 22.8 Å². The molecule has 4 rings (SSSR count). The maximum atomic E-state index is 12.2. The number of fused-ring (bicyclic) bond motifs is 2. The lowest BCUT2D eigenvalue weighted by Gasteiger charge is -2.13. The Hall–Kier alpha value is -3.19. The molecule has 0 aliphatic carbocycles. The van der Waals surface area contributed by atoms with E-state index in [1.807, 2.05) is 0 Å². The molecule has 0 saturated carbocycles. The minimum absolute atomic E-state index is 0.0363. The summed E-state index contributed by atoms with van der Waals surface area (Å²) in [5.41, 5.74) is 2.42. The van der Waals surface area contributed by atoms with E-state index in [1.165, 1.54) is 0 Å². The molecule has 0 radical (unpaired) electrons. The molecular weight excluding hydrogens is 298 g/mol. The van der Waals surface area contributed by atoms with Gasteiger partial charge in [-0.25, -0.2) is 4.79 Å². The summed E-state index contributed by atoms with van der Waals surface area (Å²) < 4.78 is 0. The van der Waals surface area contributed by atoms with Gasteiger partial charge < -0.3 is 9.97 Å². The van der Waals surface area contributed by atoms with Crippen LogP contribution in [0, 0.1) is 0 Å². The van der Waals surface area contributed by atoms with Gasteiger partial charge in [0.15, 0.2) is 0 Å². The number of nitrogens with one attached hydrogen (secondary N) is 2. The lowest BCUT2D eigenvalue weighted by molar-refractivity contribution is -0.101. The fraction of sp³-hybridized carbons (Fsp3) is 0.0625. The van der Waals surface area contributed by atoms with Crippen molar-refractivity contribution < 1.29 is 14.4 Å². The van der Waals surface area contributed by atoms with Gasteiger partial charge in [-0.1, -0.05) is 18.2 Å². The maximum absolute atomic E-state index is 12.2. The van der Waals surface area contributed by atoms with E-state index >= 15 is 0 Å². The molecule has 0 atom stereocenters. The Balaban J connectivity index is 1.56. The van der Waals surface area contributed by atoms with Crippen LogP contribution < -0.4 is 5.69 Å². The van der Waals surface area contributed by atoms with Crippen molar-refractivity contribution in [1.82, 2.24) is 15.0 Å². The van der Waals surface area contributed by atoms with Crippen LogP contribution in [0.4, 0.5) is 0 Å². The SMILES string of the molecule is O=C1c2ccccc2C(=O)N1OCc1ccc2[nH]c(=O)[nH]c2c1. The highest BCUT2D eigenvalue weighted by molar-refractivity contribution is 6.20. The maximum Gasteiger partial charge on any atom is 0.323 e. The van der Waals surface area contributed by atoms with Crippen LogP contribution >= 0.6 is 0 Å². The molecule has 1 aliphatic rings. The summed E-state index contributed by atoms with van der Waals surface area (Å²) in [7, 11) is 0. The molecule has 7 heteroatoms. The summed E-state index contributed by atoms with van der Waals surface area (Å²) >= 11 is 0. The Labute approximate surface area is 129 Å². The van der Waals surface area contributed by atoms with Gasteiger partial charge in [0.2, 0.25) is 0 Å². The third-order valence-corrected chi connectivity index (χ3v) is 3.70. The fourth-order valence-corrected chi connectivity index (χ4v) is 2.59. The number of imide groups is 1. The molecule has 23 heavy (non-hydrogen) atoms. The van der Waals surface area contributed by atoms with Crippen LogP contribution in [0.25, 0.3) is 11.0 Å². The van der Waals surface area contributed by atoms with Crippen molar-refractivity contribution in [2.45, 2.75) is 6.61 Å². The second-order valence-electron chi connectivity index (χ2n) is 5.18. The van der Waals surface area contributed by atoms with E-state index in [2.05, 4.69) is 9.97 Å². The van der Waals surface area contributed by atoms with E-state index in [0.717, 1.165) is 10.6 Å². The molecule has 0 unspecified atom stereocenters. The summed E-state index contributed by atoms with van der Waals surface area (Å²) in [6.07, 6.45) is 0. The minimum Gasteiger partial charge on any atom is -0.306 e. The summed E-state index contributed by atoms with van der Waals surface area (Å²) in [5, 5.41) is 0.773. The largest absolute Gasteiger partial charge is 0.323 e. The van der Waals surface area contributed by atoms with Crippen molar-refractivity contribution in [1.29, 1.82) is 0 Å². The van der Waals surface area contributed by atoms with Gasteiger partial charge in [-0.2, -0.15) is 0 Å². The molecule has 114 valence electrons. The average molecular weight is 309 g/mol. The number of hydrogen-bond acceptors (Lipinski definition) is 4. The molecule has 1 aromatic heterocycles. The number of carbonyl (C=O) groups is 2. The highest BCUT2D eigenvalue weighted by Crippen LogP contribution is 2.23. The molecular formula is C16H11N3O4. The van der Waals surface area contributed by atoms with E-state index in [9.17, 15) is 14.4 Å². The molecule has 0 saturated heterocycles. The van der Waals surface area contributed by atoms with Crippen LogP contribution in [0.15, 0.2) is 47.3 Å². The van der Waals surface area contributed by atoms with E-state index < -0.39 is 11.8 Å². The molecule has 0 fully saturated rings. The minimum atomic E-state index is -0.471. The summed E-state index contributed by atoms with van der Waals surface area (Å²) in [4.78, 5) is 46.2. The van der Waals surface area contributed by atoms with Gasteiger partial charge in [-0.15, -0.1) is 5.06 Å². The molecule has 2 N–H and O–H groups in total. The first-order valence-electron chi connectivity index (χ1n) is 6.95. The van der Waals surface area contributed by atoms with E-state index in [4.69, 9.17) is 4.84 Å².